The number of halogens is 1. The largest absolute Gasteiger partial charge is 0.332 e. The molecule has 1 aromatic carbocycles. The molecule has 0 bridgehead atoms. The summed E-state index contributed by atoms with van der Waals surface area (Å²) in [4.78, 5) is 4.53. The van der Waals surface area contributed by atoms with Crippen molar-refractivity contribution in [2.24, 2.45) is 4.99 Å². The maximum absolute atomic E-state index is 6.25. The predicted molar refractivity (Wildman–Crippen MR) is 84.6 cm³/mol. The van der Waals surface area contributed by atoms with Crippen molar-refractivity contribution < 1.29 is 0 Å². The van der Waals surface area contributed by atoms with Gasteiger partial charge in [-0.15, -0.1) is 0 Å². The van der Waals surface area contributed by atoms with E-state index in [4.69, 9.17) is 11.6 Å². The van der Waals surface area contributed by atoms with Gasteiger partial charge in [-0.25, -0.2) is 0 Å². The molecule has 0 saturated carbocycles. The Balaban J connectivity index is 1.82. The van der Waals surface area contributed by atoms with Gasteiger partial charge < -0.3 is 5.32 Å². The molecule has 100 valence electrons. The number of hydrogen-bond acceptors (Lipinski definition) is 6. The van der Waals surface area contributed by atoms with Gasteiger partial charge in [-0.2, -0.15) is 8.75 Å². The molecule has 1 aromatic heterocycles. The van der Waals surface area contributed by atoms with Gasteiger partial charge in [0.05, 0.1) is 29.0 Å². The van der Waals surface area contributed by atoms with Crippen molar-refractivity contribution >= 4 is 57.0 Å². The molecule has 19 heavy (non-hydrogen) atoms. The summed E-state index contributed by atoms with van der Waals surface area (Å²) in [5, 5.41) is 5.48. The van der Waals surface area contributed by atoms with E-state index in [1.54, 1.807) is 11.8 Å². The minimum Gasteiger partial charge on any atom is -0.332 e. The van der Waals surface area contributed by atoms with E-state index in [0.29, 0.717) is 10.3 Å². The minimum atomic E-state index is 0.582. The number of rotatable bonds is 3. The zero-order valence-electron chi connectivity index (χ0n) is 10.4. The van der Waals surface area contributed by atoms with Crippen molar-refractivity contribution in [1.29, 1.82) is 0 Å². The summed E-state index contributed by atoms with van der Waals surface area (Å²) in [5.74, 6) is 0. The van der Waals surface area contributed by atoms with E-state index in [0.717, 1.165) is 28.4 Å². The lowest BCUT2D eigenvalue weighted by Crippen LogP contribution is -2.08. The molecule has 0 radical (unpaired) electrons. The van der Waals surface area contributed by atoms with Crippen LogP contribution >= 0.6 is 35.1 Å². The van der Waals surface area contributed by atoms with Crippen LogP contribution in [0.15, 0.2) is 17.1 Å². The van der Waals surface area contributed by atoms with Crippen LogP contribution in [0.1, 0.15) is 19.8 Å². The average Bonchev–Trinajstić information content (AvgIpc) is 3.02. The molecule has 1 aliphatic rings. The highest BCUT2D eigenvalue weighted by Crippen LogP contribution is 2.33. The van der Waals surface area contributed by atoms with Crippen LogP contribution in [0, 0.1) is 0 Å². The van der Waals surface area contributed by atoms with E-state index < -0.39 is 0 Å². The summed E-state index contributed by atoms with van der Waals surface area (Å²) in [7, 11) is 0. The number of amidine groups is 1. The smallest absolute Gasteiger partial charge is 0.161 e. The lowest BCUT2D eigenvalue weighted by atomic mass is 10.2. The second-order valence-corrected chi connectivity index (χ2v) is 6.58. The minimum absolute atomic E-state index is 0.582. The van der Waals surface area contributed by atoms with Gasteiger partial charge in [0.2, 0.25) is 0 Å². The highest BCUT2D eigenvalue weighted by molar-refractivity contribution is 8.15. The van der Waals surface area contributed by atoms with Crippen molar-refractivity contribution in [1.82, 2.24) is 8.75 Å². The van der Waals surface area contributed by atoms with Crippen molar-refractivity contribution in [3.05, 3.63) is 17.2 Å². The summed E-state index contributed by atoms with van der Waals surface area (Å²) >= 11 is 9.23. The number of nitrogens with one attached hydrogen (secondary N) is 1. The van der Waals surface area contributed by atoms with E-state index in [9.17, 15) is 0 Å². The first-order valence-corrected chi connectivity index (χ1v) is 8.15. The molecule has 1 N–H and O–H groups in total. The van der Waals surface area contributed by atoms with Crippen LogP contribution in [0.2, 0.25) is 5.02 Å². The Hall–Kier alpha value is -0.850. The van der Waals surface area contributed by atoms with Crippen molar-refractivity contribution in [3.8, 4) is 0 Å². The Labute approximate surface area is 125 Å². The van der Waals surface area contributed by atoms with E-state index in [2.05, 4.69) is 26.0 Å². The number of thioether (sulfide) groups is 1. The molecular formula is C12H13ClN4S2. The monoisotopic (exact) mass is 312 g/mol. The fourth-order valence-corrected chi connectivity index (χ4v) is 3.88. The number of hydrogen-bond donors (Lipinski definition) is 1. The molecule has 0 fully saturated rings. The molecule has 0 saturated heterocycles. The van der Waals surface area contributed by atoms with Crippen LogP contribution in [0.3, 0.4) is 0 Å². The second-order valence-electron chi connectivity index (χ2n) is 4.35. The quantitative estimate of drug-likeness (QED) is 0.929. The summed E-state index contributed by atoms with van der Waals surface area (Å²) in [5.41, 5.74) is 2.50. The molecule has 0 aliphatic carbocycles. The normalized spacial score (nSPS) is 18.8. The lowest BCUT2D eigenvalue weighted by Gasteiger charge is -2.09. The van der Waals surface area contributed by atoms with Gasteiger partial charge in [0.1, 0.15) is 11.0 Å². The van der Waals surface area contributed by atoms with Crippen LogP contribution in [0.25, 0.3) is 11.0 Å². The second kappa shape index (κ2) is 5.64. The SMILES string of the molecule is CCCC1CN=C(Nc2c(Cl)ccc3nsnc23)S1. The average molecular weight is 313 g/mol. The Bertz CT molecular complexity index is 625. The van der Waals surface area contributed by atoms with Crippen molar-refractivity contribution in [2.45, 2.75) is 25.0 Å². The number of nitrogens with zero attached hydrogens (tertiary/aromatic N) is 3. The topological polar surface area (TPSA) is 50.2 Å². The number of anilines is 1. The lowest BCUT2D eigenvalue weighted by molar-refractivity contribution is 0.754. The number of benzene rings is 1. The van der Waals surface area contributed by atoms with Gasteiger partial charge in [0, 0.05) is 5.25 Å². The summed E-state index contributed by atoms with van der Waals surface area (Å²) in [6, 6.07) is 3.73. The molecule has 3 rings (SSSR count). The van der Waals surface area contributed by atoms with Crippen LogP contribution in [0.4, 0.5) is 5.69 Å². The van der Waals surface area contributed by atoms with Gasteiger partial charge in [0.15, 0.2) is 5.17 Å². The van der Waals surface area contributed by atoms with Gasteiger partial charge in [0.25, 0.3) is 0 Å². The van der Waals surface area contributed by atoms with Gasteiger partial charge in [-0.1, -0.05) is 36.7 Å². The molecule has 1 atom stereocenters. The maximum Gasteiger partial charge on any atom is 0.161 e. The Kier molecular flexibility index (Phi) is 3.91. The van der Waals surface area contributed by atoms with Gasteiger partial charge >= 0.3 is 0 Å². The number of fused-ring (bicyclic) bond motifs is 1. The van der Waals surface area contributed by atoms with Gasteiger partial charge in [-0.05, 0) is 18.6 Å². The fraction of sp³-hybridized carbons (Fsp3) is 0.417. The third kappa shape index (κ3) is 2.70. The molecular weight excluding hydrogens is 300 g/mol. The third-order valence-corrected chi connectivity index (χ3v) is 4.97. The molecule has 0 amide bonds. The molecule has 0 spiro atoms. The van der Waals surface area contributed by atoms with E-state index in [1.807, 2.05) is 12.1 Å². The van der Waals surface area contributed by atoms with E-state index >= 15 is 0 Å². The Morgan fingerprint density at radius 1 is 1.42 bits per heavy atom. The molecule has 1 unspecified atom stereocenters. The van der Waals surface area contributed by atoms with Crippen LogP contribution < -0.4 is 5.32 Å². The zero-order valence-corrected chi connectivity index (χ0v) is 12.8. The van der Waals surface area contributed by atoms with Crippen molar-refractivity contribution in [2.75, 3.05) is 11.9 Å². The summed E-state index contributed by atoms with van der Waals surface area (Å²) in [6.45, 7) is 3.08. The highest BCUT2D eigenvalue weighted by Gasteiger charge is 2.20. The number of aromatic nitrogens is 2. The van der Waals surface area contributed by atoms with Crippen LogP contribution in [0.5, 0.6) is 0 Å². The van der Waals surface area contributed by atoms with Crippen LogP contribution in [-0.2, 0) is 0 Å². The molecule has 2 aromatic rings. The highest BCUT2D eigenvalue weighted by atomic mass is 35.5. The molecule has 7 heteroatoms. The summed E-state index contributed by atoms with van der Waals surface area (Å²) in [6.07, 6.45) is 2.38. The van der Waals surface area contributed by atoms with Crippen LogP contribution in [-0.4, -0.2) is 25.7 Å². The third-order valence-electron chi connectivity index (χ3n) is 2.94. The number of aliphatic imine (C=N–C) groups is 1. The molecule has 2 heterocycles. The van der Waals surface area contributed by atoms with Gasteiger partial charge in [-0.3, -0.25) is 4.99 Å². The van der Waals surface area contributed by atoms with Crippen molar-refractivity contribution in [3.63, 3.8) is 0 Å². The van der Waals surface area contributed by atoms with E-state index in [-0.39, 0.29) is 0 Å². The van der Waals surface area contributed by atoms with E-state index in [1.165, 1.54) is 24.6 Å². The first-order chi connectivity index (χ1) is 9.28. The standard InChI is InChI=1S/C12H13ClN4S2/c1-2-3-7-6-14-12(18-7)15-10-8(13)4-5-9-11(10)17-19-16-9/h4-5,7H,2-3,6H2,1H3,(H,14,15). The first kappa shape index (κ1) is 13.1. The predicted octanol–water partition coefficient (Wildman–Crippen LogP) is 4.03. The fourth-order valence-electron chi connectivity index (χ4n) is 2.01. The zero-order chi connectivity index (χ0) is 13.2. The summed E-state index contributed by atoms with van der Waals surface area (Å²) < 4.78 is 8.52. The first-order valence-electron chi connectivity index (χ1n) is 6.17. The maximum atomic E-state index is 6.25. The molecule has 4 nitrogen and oxygen atoms in total. The Morgan fingerprint density at radius 2 is 2.32 bits per heavy atom. The molecule has 1 aliphatic heterocycles. The Morgan fingerprint density at radius 3 is 3.16 bits per heavy atom.